The zero-order valence-electron chi connectivity index (χ0n) is 9.39. The van der Waals surface area contributed by atoms with E-state index < -0.39 is 18.0 Å². The average Bonchev–Trinajstić information content (AvgIpc) is 2.76. The Labute approximate surface area is 105 Å². The number of nitrogens with zero attached hydrogens (tertiary/aromatic N) is 2. The number of ether oxygens (including phenoxy) is 1. The maximum atomic E-state index is 12.2. The summed E-state index contributed by atoms with van der Waals surface area (Å²) in [4.78, 5) is 10.9. The first-order valence-electron chi connectivity index (χ1n) is 5.07. The molecular weight excluding hydrogens is 263 g/mol. The number of carbonyl (C=O) groups excluding carboxylic acids is 1. The zero-order chi connectivity index (χ0) is 14.0. The van der Waals surface area contributed by atoms with Gasteiger partial charge in [0, 0.05) is 6.20 Å². The number of hydrogen-bond acceptors (Lipinski definition) is 3. The molecule has 1 aromatic heterocycles. The van der Waals surface area contributed by atoms with Crippen LogP contribution < -0.4 is 10.5 Å². The predicted octanol–water partition coefficient (Wildman–Crippen LogP) is 1.87. The van der Waals surface area contributed by atoms with Crippen LogP contribution in [0.2, 0.25) is 0 Å². The maximum Gasteiger partial charge on any atom is 0.573 e. The van der Waals surface area contributed by atoms with Gasteiger partial charge < -0.3 is 10.5 Å². The monoisotopic (exact) mass is 271 g/mol. The number of para-hydroxylation sites is 2. The molecule has 8 heteroatoms. The van der Waals surface area contributed by atoms with E-state index in [1.807, 2.05) is 0 Å². The summed E-state index contributed by atoms with van der Waals surface area (Å²) in [5.74, 6) is -1.19. The summed E-state index contributed by atoms with van der Waals surface area (Å²) in [5, 5.41) is 3.77. The van der Waals surface area contributed by atoms with Gasteiger partial charge in [-0.15, -0.1) is 13.2 Å². The van der Waals surface area contributed by atoms with Crippen LogP contribution in [0.4, 0.5) is 13.2 Å². The molecule has 1 amide bonds. The van der Waals surface area contributed by atoms with E-state index in [1.165, 1.54) is 30.5 Å². The van der Waals surface area contributed by atoms with Crippen molar-refractivity contribution in [1.29, 1.82) is 0 Å². The highest BCUT2D eigenvalue weighted by Crippen LogP contribution is 2.28. The highest BCUT2D eigenvalue weighted by atomic mass is 19.4. The molecule has 0 aliphatic heterocycles. The zero-order valence-corrected chi connectivity index (χ0v) is 9.39. The minimum atomic E-state index is -4.81. The molecule has 19 heavy (non-hydrogen) atoms. The largest absolute Gasteiger partial charge is 0.573 e. The van der Waals surface area contributed by atoms with Crippen molar-refractivity contribution in [3.63, 3.8) is 0 Å². The van der Waals surface area contributed by atoms with Crippen LogP contribution in [-0.2, 0) is 0 Å². The Morgan fingerprint density at radius 2 is 1.95 bits per heavy atom. The van der Waals surface area contributed by atoms with E-state index in [-0.39, 0.29) is 11.4 Å². The van der Waals surface area contributed by atoms with Gasteiger partial charge >= 0.3 is 6.36 Å². The van der Waals surface area contributed by atoms with Crippen molar-refractivity contribution in [3.05, 3.63) is 42.2 Å². The molecule has 2 rings (SSSR count). The Balaban J connectivity index is 2.41. The van der Waals surface area contributed by atoms with Crippen molar-refractivity contribution in [2.24, 2.45) is 5.73 Å². The summed E-state index contributed by atoms with van der Waals surface area (Å²) in [6.45, 7) is 0. The lowest BCUT2D eigenvalue weighted by atomic mass is 10.3. The molecule has 1 heterocycles. The van der Waals surface area contributed by atoms with E-state index in [4.69, 9.17) is 5.73 Å². The van der Waals surface area contributed by atoms with Crippen LogP contribution in [0, 0.1) is 0 Å². The fourth-order valence-electron chi connectivity index (χ4n) is 1.45. The maximum absolute atomic E-state index is 12.2. The van der Waals surface area contributed by atoms with Crippen molar-refractivity contribution in [2.45, 2.75) is 6.36 Å². The van der Waals surface area contributed by atoms with Gasteiger partial charge in [-0.25, -0.2) is 4.68 Å². The molecule has 0 atom stereocenters. The van der Waals surface area contributed by atoms with E-state index in [1.54, 1.807) is 0 Å². The van der Waals surface area contributed by atoms with Gasteiger partial charge in [-0.05, 0) is 18.2 Å². The summed E-state index contributed by atoms with van der Waals surface area (Å²) in [7, 11) is 0. The van der Waals surface area contributed by atoms with Crippen LogP contribution in [0.3, 0.4) is 0 Å². The summed E-state index contributed by atoms with van der Waals surface area (Å²) in [6.07, 6.45) is -3.49. The molecule has 0 aliphatic carbocycles. The minimum absolute atomic E-state index is 0.0484. The fraction of sp³-hybridized carbons (Fsp3) is 0.0909. The van der Waals surface area contributed by atoms with E-state index in [2.05, 4.69) is 9.84 Å². The molecular formula is C11H8F3N3O2. The fourth-order valence-corrected chi connectivity index (χ4v) is 1.45. The van der Waals surface area contributed by atoms with Crippen LogP contribution >= 0.6 is 0 Å². The number of primary amides is 1. The van der Waals surface area contributed by atoms with Crippen molar-refractivity contribution in [3.8, 4) is 11.4 Å². The van der Waals surface area contributed by atoms with Gasteiger partial charge in [-0.1, -0.05) is 12.1 Å². The summed E-state index contributed by atoms with van der Waals surface area (Å²) in [5.41, 5.74) is 5.01. The van der Waals surface area contributed by atoms with Gasteiger partial charge in [-0.3, -0.25) is 4.79 Å². The van der Waals surface area contributed by atoms with Crippen LogP contribution in [0.5, 0.6) is 5.75 Å². The first kappa shape index (κ1) is 12.9. The first-order valence-corrected chi connectivity index (χ1v) is 5.07. The third-order valence-corrected chi connectivity index (χ3v) is 2.18. The van der Waals surface area contributed by atoms with Gasteiger partial charge in [0.25, 0.3) is 5.91 Å². The molecule has 2 aromatic rings. The number of nitrogens with two attached hydrogens (primary N) is 1. The molecule has 100 valence electrons. The number of carbonyl (C=O) groups is 1. The molecule has 0 aliphatic rings. The number of hydrogen-bond donors (Lipinski definition) is 1. The van der Waals surface area contributed by atoms with E-state index >= 15 is 0 Å². The quantitative estimate of drug-likeness (QED) is 0.926. The molecule has 0 saturated heterocycles. The van der Waals surface area contributed by atoms with Gasteiger partial charge in [0.15, 0.2) is 5.75 Å². The highest BCUT2D eigenvalue weighted by Gasteiger charge is 2.32. The Morgan fingerprint density at radius 3 is 2.53 bits per heavy atom. The van der Waals surface area contributed by atoms with Crippen molar-refractivity contribution < 1.29 is 22.7 Å². The second kappa shape index (κ2) is 4.63. The number of aromatic nitrogens is 2. The van der Waals surface area contributed by atoms with Gasteiger partial charge in [0.05, 0.1) is 0 Å². The summed E-state index contributed by atoms with van der Waals surface area (Å²) < 4.78 is 41.7. The number of benzene rings is 1. The Bertz CT molecular complexity index is 607. The number of alkyl halides is 3. The standard InChI is InChI=1S/C11H8F3N3O2/c12-11(13,14)19-9-4-2-1-3-8(9)17-6-5-7(16-17)10(15)18/h1-6H,(H2,15,18). The molecule has 0 radical (unpaired) electrons. The van der Waals surface area contributed by atoms with Crippen molar-refractivity contribution in [2.75, 3.05) is 0 Å². The number of halogens is 3. The topological polar surface area (TPSA) is 70.1 Å². The summed E-state index contributed by atoms with van der Waals surface area (Å²) >= 11 is 0. The van der Waals surface area contributed by atoms with Gasteiger partial charge in [0.1, 0.15) is 11.4 Å². The second-order valence-corrected chi connectivity index (χ2v) is 3.53. The molecule has 0 unspecified atom stereocenters. The highest BCUT2D eigenvalue weighted by molar-refractivity contribution is 5.90. The number of rotatable bonds is 3. The van der Waals surface area contributed by atoms with Crippen molar-refractivity contribution >= 4 is 5.91 Å². The molecule has 1 aromatic carbocycles. The average molecular weight is 271 g/mol. The van der Waals surface area contributed by atoms with Gasteiger partial charge in [0.2, 0.25) is 0 Å². The smallest absolute Gasteiger partial charge is 0.403 e. The number of amides is 1. The molecule has 0 saturated carbocycles. The van der Waals surface area contributed by atoms with Crippen LogP contribution in [0.15, 0.2) is 36.5 Å². The lowest BCUT2D eigenvalue weighted by molar-refractivity contribution is -0.274. The van der Waals surface area contributed by atoms with Crippen molar-refractivity contribution in [1.82, 2.24) is 9.78 Å². The van der Waals surface area contributed by atoms with Crippen LogP contribution in [0.1, 0.15) is 10.5 Å². The minimum Gasteiger partial charge on any atom is -0.403 e. The second-order valence-electron chi connectivity index (χ2n) is 3.53. The SMILES string of the molecule is NC(=O)c1ccn(-c2ccccc2OC(F)(F)F)n1. The van der Waals surface area contributed by atoms with E-state index in [0.29, 0.717) is 0 Å². The molecule has 0 bridgehead atoms. The first-order chi connectivity index (χ1) is 8.87. The Morgan fingerprint density at radius 1 is 1.26 bits per heavy atom. The van der Waals surface area contributed by atoms with Crippen LogP contribution in [0.25, 0.3) is 5.69 Å². The third kappa shape index (κ3) is 3.03. The summed E-state index contributed by atoms with van der Waals surface area (Å²) in [6, 6.07) is 6.73. The predicted molar refractivity (Wildman–Crippen MR) is 58.8 cm³/mol. The molecule has 5 nitrogen and oxygen atoms in total. The lowest BCUT2D eigenvalue weighted by Gasteiger charge is -2.12. The molecule has 2 N–H and O–H groups in total. The normalized spacial score (nSPS) is 11.3. The van der Waals surface area contributed by atoms with E-state index in [9.17, 15) is 18.0 Å². The molecule has 0 fully saturated rings. The third-order valence-electron chi connectivity index (χ3n) is 2.18. The Hall–Kier alpha value is -2.51. The van der Waals surface area contributed by atoms with E-state index in [0.717, 1.165) is 10.7 Å². The lowest BCUT2D eigenvalue weighted by Crippen LogP contribution is -2.18. The molecule has 0 spiro atoms. The Kier molecular flexibility index (Phi) is 3.16. The van der Waals surface area contributed by atoms with Crippen LogP contribution in [-0.4, -0.2) is 22.1 Å². The van der Waals surface area contributed by atoms with Gasteiger partial charge in [-0.2, -0.15) is 5.10 Å².